The number of hydrogen-bond acceptors (Lipinski definition) is 4. The molecule has 1 atom stereocenters. The summed E-state index contributed by atoms with van der Waals surface area (Å²) in [5.74, 6) is -0.0275. The molecule has 0 fully saturated rings. The molecule has 0 bridgehead atoms. The summed E-state index contributed by atoms with van der Waals surface area (Å²) in [7, 11) is 0. The van der Waals surface area contributed by atoms with Crippen molar-refractivity contribution < 1.29 is 9.90 Å². The van der Waals surface area contributed by atoms with Crippen molar-refractivity contribution in [1.29, 1.82) is 0 Å². The lowest BCUT2D eigenvalue weighted by molar-refractivity contribution is -0.138. The van der Waals surface area contributed by atoms with Crippen LogP contribution in [0.4, 0.5) is 5.82 Å². The molecule has 2 N–H and O–H groups in total. The number of nitrogens with one attached hydrogen (secondary N) is 1. The highest BCUT2D eigenvalue weighted by atomic mass is 16.4. The van der Waals surface area contributed by atoms with E-state index in [4.69, 9.17) is 5.11 Å². The number of nitrogens with zero attached hydrogens (tertiary/aromatic N) is 2. The maximum absolute atomic E-state index is 11.1. The molecule has 1 aromatic heterocycles. The number of carbonyl (C=O) groups is 1. The second-order valence-electron chi connectivity index (χ2n) is 4.69. The molecule has 5 heteroatoms. The molecule has 1 heterocycles. The second-order valence-corrected chi connectivity index (χ2v) is 4.69. The number of aromatic nitrogens is 2. The van der Waals surface area contributed by atoms with Crippen molar-refractivity contribution in [1.82, 2.24) is 9.97 Å². The molecular weight excluding hydrogens is 218 g/mol. The summed E-state index contributed by atoms with van der Waals surface area (Å²) >= 11 is 0. The van der Waals surface area contributed by atoms with E-state index in [1.807, 2.05) is 27.7 Å². The molecule has 1 unspecified atom stereocenters. The fraction of sp³-hybridized carbons (Fsp3) is 0.583. The van der Waals surface area contributed by atoms with Crippen molar-refractivity contribution in [3.05, 3.63) is 18.1 Å². The van der Waals surface area contributed by atoms with Gasteiger partial charge in [0.15, 0.2) is 0 Å². The number of aliphatic carboxylic acids is 1. The average molecular weight is 237 g/mol. The number of carboxylic acid groups (broad SMARTS) is 1. The highest BCUT2D eigenvalue weighted by molar-refractivity contribution is 5.77. The molecular formula is C12H19N3O2. The van der Waals surface area contributed by atoms with Gasteiger partial charge in [-0.05, 0) is 11.8 Å². The normalized spacial score (nSPS) is 12.8. The van der Waals surface area contributed by atoms with Crippen molar-refractivity contribution in [2.75, 3.05) is 5.32 Å². The lowest BCUT2D eigenvalue weighted by atomic mass is 10.0. The lowest BCUT2D eigenvalue weighted by Crippen LogP contribution is -2.34. The predicted octanol–water partition coefficient (Wildman–Crippen LogP) is 2.12. The molecule has 0 spiro atoms. The van der Waals surface area contributed by atoms with Crippen LogP contribution in [0.3, 0.4) is 0 Å². The van der Waals surface area contributed by atoms with Crippen LogP contribution < -0.4 is 5.32 Å². The Morgan fingerprint density at radius 1 is 1.29 bits per heavy atom. The van der Waals surface area contributed by atoms with Crippen LogP contribution in [0.15, 0.2) is 12.4 Å². The van der Waals surface area contributed by atoms with Crippen LogP contribution in [0, 0.1) is 5.92 Å². The van der Waals surface area contributed by atoms with Gasteiger partial charge in [-0.25, -0.2) is 14.8 Å². The summed E-state index contributed by atoms with van der Waals surface area (Å²) in [6, 6.07) is 1.16. The number of carboxylic acids is 1. The van der Waals surface area contributed by atoms with E-state index in [1.165, 1.54) is 6.33 Å². The summed E-state index contributed by atoms with van der Waals surface area (Å²) < 4.78 is 0. The minimum Gasteiger partial charge on any atom is -0.480 e. The first-order chi connectivity index (χ1) is 7.91. The van der Waals surface area contributed by atoms with Crippen molar-refractivity contribution >= 4 is 11.8 Å². The standard InChI is InChI=1S/C12H19N3O2/c1-7(2)9-5-10(14-6-13-9)15-11(8(3)4)12(16)17/h5-8,11H,1-4H3,(H,16,17)(H,13,14,15). The molecule has 17 heavy (non-hydrogen) atoms. The third-order valence-electron chi connectivity index (χ3n) is 2.52. The van der Waals surface area contributed by atoms with Gasteiger partial charge in [0.05, 0.1) is 0 Å². The Hall–Kier alpha value is -1.65. The zero-order chi connectivity index (χ0) is 13.0. The molecule has 0 aliphatic rings. The Morgan fingerprint density at radius 2 is 1.94 bits per heavy atom. The Morgan fingerprint density at radius 3 is 2.41 bits per heavy atom. The van der Waals surface area contributed by atoms with Crippen LogP contribution in [0.5, 0.6) is 0 Å². The van der Waals surface area contributed by atoms with Crippen LogP contribution in [0.1, 0.15) is 39.3 Å². The highest BCUT2D eigenvalue weighted by Crippen LogP contribution is 2.16. The molecule has 0 amide bonds. The van der Waals surface area contributed by atoms with Crippen molar-refractivity contribution in [2.45, 2.75) is 39.7 Å². The Labute approximate surface area is 101 Å². The van der Waals surface area contributed by atoms with Crippen LogP contribution in [-0.4, -0.2) is 27.1 Å². The second kappa shape index (κ2) is 5.61. The van der Waals surface area contributed by atoms with E-state index in [9.17, 15) is 4.79 Å². The Balaban J connectivity index is 2.86. The fourth-order valence-corrected chi connectivity index (χ4v) is 1.44. The molecule has 0 aromatic carbocycles. The van der Waals surface area contributed by atoms with Gasteiger partial charge in [0.1, 0.15) is 18.2 Å². The Bertz CT molecular complexity index is 391. The Kier molecular flexibility index (Phi) is 4.43. The minimum absolute atomic E-state index is 0.00929. The monoisotopic (exact) mass is 237 g/mol. The van der Waals surface area contributed by atoms with E-state index in [2.05, 4.69) is 15.3 Å². The minimum atomic E-state index is -0.871. The molecule has 1 rings (SSSR count). The van der Waals surface area contributed by atoms with Gasteiger partial charge in [0.2, 0.25) is 0 Å². The van der Waals surface area contributed by atoms with Gasteiger partial charge >= 0.3 is 5.97 Å². The van der Waals surface area contributed by atoms with Crippen LogP contribution in [0.2, 0.25) is 0 Å². The summed E-state index contributed by atoms with van der Waals surface area (Å²) in [6.45, 7) is 7.78. The third kappa shape index (κ3) is 3.69. The van der Waals surface area contributed by atoms with Gasteiger partial charge < -0.3 is 10.4 Å². The lowest BCUT2D eigenvalue weighted by Gasteiger charge is -2.18. The third-order valence-corrected chi connectivity index (χ3v) is 2.52. The van der Waals surface area contributed by atoms with Crippen LogP contribution in [0.25, 0.3) is 0 Å². The number of rotatable bonds is 5. The van der Waals surface area contributed by atoms with Gasteiger partial charge in [-0.15, -0.1) is 0 Å². The molecule has 0 saturated carbocycles. The zero-order valence-corrected chi connectivity index (χ0v) is 10.6. The highest BCUT2D eigenvalue weighted by Gasteiger charge is 2.21. The van der Waals surface area contributed by atoms with E-state index in [0.29, 0.717) is 11.7 Å². The number of hydrogen-bond donors (Lipinski definition) is 2. The first-order valence-electron chi connectivity index (χ1n) is 5.73. The smallest absolute Gasteiger partial charge is 0.326 e. The first kappa shape index (κ1) is 13.4. The SMILES string of the molecule is CC(C)c1cc(NC(C(=O)O)C(C)C)ncn1. The van der Waals surface area contributed by atoms with Gasteiger partial charge in [0.25, 0.3) is 0 Å². The topological polar surface area (TPSA) is 75.1 Å². The van der Waals surface area contributed by atoms with E-state index in [1.54, 1.807) is 6.07 Å². The van der Waals surface area contributed by atoms with E-state index >= 15 is 0 Å². The molecule has 0 aliphatic carbocycles. The summed E-state index contributed by atoms with van der Waals surface area (Å²) in [6.07, 6.45) is 1.46. The summed E-state index contributed by atoms with van der Waals surface area (Å²) in [5.41, 5.74) is 0.899. The maximum atomic E-state index is 11.1. The zero-order valence-electron chi connectivity index (χ0n) is 10.6. The van der Waals surface area contributed by atoms with E-state index in [0.717, 1.165) is 5.69 Å². The molecule has 94 valence electrons. The van der Waals surface area contributed by atoms with E-state index < -0.39 is 12.0 Å². The van der Waals surface area contributed by atoms with Crippen molar-refractivity contribution in [3.8, 4) is 0 Å². The van der Waals surface area contributed by atoms with Crippen molar-refractivity contribution in [2.24, 2.45) is 5.92 Å². The molecule has 0 saturated heterocycles. The first-order valence-corrected chi connectivity index (χ1v) is 5.73. The quantitative estimate of drug-likeness (QED) is 0.820. The average Bonchev–Trinajstić information content (AvgIpc) is 2.25. The maximum Gasteiger partial charge on any atom is 0.326 e. The summed E-state index contributed by atoms with van der Waals surface area (Å²) in [4.78, 5) is 19.2. The molecule has 0 aliphatic heterocycles. The largest absolute Gasteiger partial charge is 0.480 e. The van der Waals surface area contributed by atoms with Crippen molar-refractivity contribution in [3.63, 3.8) is 0 Å². The van der Waals surface area contributed by atoms with Crippen LogP contribution >= 0.6 is 0 Å². The molecule has 0 radical (unpaired) electrons. The van der Waals surface area contributed by atoms with Gasteiger partial charge in [0, 0.05) is 11.8 Å². The molecule has 1 aromatic rings. The molecule has 5 nitrogen and oxygen atoms in total. The van der Waals surface area contributed by atoms with Gasteiger partial charge in [-0.3, -0.25) is 0 Å². The van der Waals surface area contributed by atoms with E-state index in [-0.39, 0.29) is 5.92 Å². The van der Waals surface area contributed by atoms with Crippen LogP contribution in [-0.2, 0) is 4.79 Å². The predicted molar refractivity (Wildman–Crippen MR) is 66.0 cm³/mol. The van der Waals surface area contributed by atoms with Gasteiger partial charge in [-0.1, -0.05) is 27.7 Å². The fourth-order valence-electron chi connectivity index (χ4n) is 1.44. The summed E-state index contributed by atoms with van der Waals surface area (Å²) in [5, 5.41) is 12.0. The van der Waals surface area contributed by atoms with Gasteiger partial charge in [-0.2, -0.15) is 0 Å². The number of anilines is 1.